The van der Waals surface area contributed by atoms with Crippen LogP contribution in [-0.2, 0) is 6.54 Å². The van der Waals surface area contributed by atoms with Crippen LogP contribution in [0.2, 0.25) is 0 Å². The highest BCUT2D eigenvalue weighted by molar-refractivity contribution is 6.05. The molecular weight excluding hydrogens is 326 g/mol. The maximum absolute atomic E-state index is 12.4. The number of aromatic nitrogens is 1. The SMILES string of the molecule is Cc1ccc(C(=O)NCc2ccccn2)cc1NC(=O)c1ccccc1. The zero-order chi connectivity index (χ0) is 18.4. The number of carbonyl (C=O) groups excluding carboxylic acids is 2. The van der Waals surface area contributed by atoms with E-state index < -0.39 is 0 Å². The van der Waals surface area contributed by atoms with Crippen molar-refractivity contribution in [2.75, 3.05) is 5.32 Å². The summed E-state index contributed by atoms with van der Waals surface area (Å²) < 4.78 is 0. The maximum Gasteiger partial charge on any atom is 0.255 e. The Balaban J connectivity index is 1.70. The van der Waals surface area contributed by atoms with E-state index in [1.54, 1.807) is 30.5 Å². The highest BCUT2D eigenvalue weighted by Crippen LogP contribution is 2.18. The van der Waals surface area contributed by atoms with Gasteiger partial charge in [0.2, 0.25) is 0 Å². The zero-order valence-electron chi connectivity index (χ0n) is 14.4. The Bertz CT molecular complexity index is 909. The molecule has 3 aromatic rings. The molecule has 0 atom stereocenters. The molecule has 0 aliphatic heterocycles. The van der Waals surface area contributed by atoms with E-state index in [2.05, 4.69) is 15.6 Å². The highest BCUT2D eigenvalue weighted by atomic mass is 16.2. The second kappa shape index (κ2) is 8.07. The fourth-order valence-corrected chi connectivity index (χ4v) is 2.46. The number of rotatable bonds is 5. The molecule has 1 heterocycles. The minimum atomic E-state index is -0.217. The standard InChI is InChI=1S/C21H19N3O2/c1-15-10-11-17(20(25)23-14-18-9-5-6-12-22-18)13-19(15)24-21(26)16-7-3-2-4-8-16/h2-13H,14H2,1H3,(H,23,25)(H,24,26). The van der Waals surface area contributed by atoms with Crippen LogP contribution in [0.4, 0.5) is 5.69 Å². The van der Waals surface area contributed by atoms with E-state index in [1.165, 1.54) is 0 Å². The highest BCUT2D eigenvalue weighted by Gasteiger charge is 2.11. The molecular formula is C21H19N3O2. The molecule has 0 fully saturated rings. The largest absolute Gasteiger partial charge is 0.346 e. The molecule has 0 radical (unpaired) electrons. The first kappa shape index (κ1) is 17.4. The van der Waals surface area contributed by atoms with E-state index in [4.69, 9.17) is 0 Å². The Morgan fingerprint density at radius 3 is 2.38 bits per heavy atom. The monoisotopic (exact) mass is 345 g/mol. The lowest BCUT2D eigenvalue weighted by Gasteiger charge is -2.11. The number of amides is 2. The lowest BCUT2D eigenvalue weighted by Crippen LogP contribution is -2.23. The summed E-state index contributed by atoms with van der Waals surface area (Å²) in [6.07, 6.45) is 1.69. The molecule has 1 aromatic heterocycles. The van der Waals surface area contributed by atoms with Gasteiger partial charge in [-0.05, 0) is 48.9 Å². The van der Waals surface area contributed by atoms with Crippen LogP contribution in [0.5, 0.6) is 0 Å². The van der Waals surface area contributed by atoms with E-state index >= 15 is 0 Å². The molecule has 0 aliphatic rings. The second-order valence-corrected chi connectivity index (χ2v) is 5.85. The van der Waals surface area contributed by atoms with Crippen LogP contribution in [0.1, 0.15) is 32.0 Å². The van der Waals surface area contributed by atoms with Crippen LogP contribution in [0.3, 0.4) is 0 Å². The quantitative estimate of drug-likeness (QED) is 0.742. The molecule has 2 amide bonds. The fourth-order valence-electron chi connectivity index (χ4n) is 2.46. The molecule has 5 heteroatoms. The molecule has 3 rings (SSSR count). The summed E-state index contributed by atoms with van der Waals surface area (Å²) in [4.78, 5) is 28.9. The van der Waals surface area contributed by atoms with Gasteiger partial charge in [-0.15, -0.1) is 0 Å². The molecule has 0 unspecified atom stereocenters. The molecule has 26 heavy (non-hydrogen) atoms. The average Bonchev–Trinajstić information content (AvgIpc) is 2.69. The van der Waals surface area contributed by atoms with Crippen LogP contribution >= 0.6 is 0 Å². The molecule has 0 saturated heterocycles. The molecule has 130 valence electrons. The average molecular weight is 345 g/mol. The maximum atomic E-state index is 12.4. The van der Waals surface area contributed by atoms with Crippen molar-refractivity contribution in [3.05, 3.63) is 95.3 Å². The van der Waals surface area contributed by atoms with Gasteiger partial charge in [0.05, 0.1) is 12.2 Å². The normalized spacial score (nSPS) is 10.2. The third-order valence-electron chi connectivity index (χ3n) is 3.94. The number of nitrogens with zero attached hydrogens (tertiary/aromatic N) is 1. The van der Waals surface area contributed by atoms with Crippen molar-refractivity contribution in [1.29, 1.82) is 0 Å². The topological polar surface area (TPSA) is 71.1 Å². The number of aryl methyl sites for hydroxylation is 1. The van der Waals surface area contributed by atoms with Crippen LogP contribution in [0, 0.1) is 6.92 Å². The van der Waals surface area contributed by atoms with Gasteiger partial charge in [0, 0.05) is 23.0 Å². The van der Waals surface area contributed by atoms with Gasteiger partial charge in [0.15, 0.2) is 0 Å². The number of benzene rings is 2. The molecule has 0 aliphatic carbocycles. The zero-order valence-corrected chi connectivity index (χ0v) is 14.4. The molecule has 2 aromatic carbocycles. The summed E-state index contributed by atoms with van der Waals surface area (Å²) in [5.74, 6) is -0.425. The summed E-state index contributed by atoms with van der Waals surface area (Å²) in [5, 5.41) is 5.70. The summed E-state index contributed by atoms with van der Waals surface area (Å²) in [7, 11) is 0. The van der Waals surface area contributed by atoms with Crippen molar-refractivity contribution in [3.63, 3.8) is 0 Å². The fraction of sp³-hybridized carbons (Fsp3) is 0.0952. The number of hydrogen-bond acceptors (Lipinski definition) is 3. The lowest BCUT2D eigenvalue weighted by molar-refractivity contribution is 0.0949. The van der Waals surface area contributed by atoms with Crippen molar-refractivity contribution in [3.8, 4) is 0 Å². The number of nitrogens with one attached hydrogen (secondary N) is 2. The van der Waals surface area contributed by atoms with Gasteiger partial charge >= 0.3 is 0 Å². The van der Waals surface area contributed by atoms with Crippen molar-refractivity contribution in [2.45, 2.75) is 13.5 Å². The third kappa shape index (κ3) is 4.33. The molecule has 5 nitrogen and oxygen atoms in total. The molecule has 0 saturated carbocycles. The first-order valence-electron chi connectivity index (χ1n) is 8.28. The van der Waals surface area contributed by atoms with Gasteiger partial charge in [-0.2, -0.15) is 0 Å². The molecule has 2 N–H and O–H groups in total. The Morgan fingerprint density at radius 1 is 0.885 bits per heavy atom. The lowest BCUT2D eigenvalue weighted by atomic mass is 10.1. The van der Waals surface area contributed by atoms with Crippen molar-refractivity contribution in [2.24, 2.45) is 0 Å². The molecule has 0 bridgehead atoms. The minimum Gasteiger partial charge on any atom is -0.346 e. The Hall–Kier alpha value is -3.47. The van der Waals surface area contributed by atoms with Crippen molar-refractivity contribution >= 4 is 17.5 Å². The Kier molecular flexibility index (Phi) is 5.39. The van der Waals surface area contributed by atoms with E-state index in [-0.39, 0.29) is 11.8 Å². The predicted octanol–water partition coefficient (Wildman–Crippen LogP) is 3.57. The second-order valence-electron chi connectivity index (χ2n) is 5.85. The third-order valence-corrected chi connectivity index (χ3v) is 3.94. The van der Waals surface area contributed by atoms with Crippen molar-refractivity contribution < 1.29 is 9.59 Å². The van der Waals surface area contributed by atoms with Crippen LogP contribution in [-0.4, -0.2) is 16.8 Å². The minimum absolute atomic E-state index is 0.209. The van der Waals surface area contributed by atoms with E-state index in [9.17, 15) is 9.59 Å². The first-order chi connectivity index (χ1) is 12.6. The predicted molar refractivity (Wildman–Crippen MR) is 101 cm³/mol. The number of carbonyl (C=O) groups is 2. The van der Waals surface area contributed by atoms with E-state index in [0.717, 1.165) is 11.3 Å². The van der Waals surface area contributed by atoms with Gasteiger partial charge in [-0.25, -0.2) is 0 Å². The van der Waals surface area contributed by atoms with Crippen molar-refractivity contribution in [1.82, 2.24) is 10.3 Å². The van der Waals surface area contributed by atoms with Gasteiger partial charge in [-0.3, -0.25) is 14.6 Å². The smallest absolute Gasteiger partial charge is 0.255 e. The van der Waals surface area contributed by atoms with Gasteiger partial charge in [0.25, 0.3) is 11.8 Å². The number of anilines is 1. The summed E-state index contributed by atoms with van der Waals surface area (Å²) in [6.45, 7) is 2.23. The summed E-state index contributed by atoms with van der Waals surface area (Å²) >= 11 is 0. The number of pyridine rings is 1. The Labute approximate surface area is 152 Å². The van der Waals surface area contributed by atoms with Gasteiger partial charge < -0.3 is 10.6 Å². The first-order valence-corrected chi connectivity index (χ1v) is 8.28. The van der Waals surface area contributed by atoms with Gasteiger partial charge in [-0.1, -0.05) is 30.3 Å². The van der Waals surface area contributed by atoms with Crippen LogP contribution in [0.15, 0.2) is 72.9 Å². The van der Waals surface area contributed by atoms with Crippen LogP contribution in [0.25, 0.3) is 0 Å². The van der Waals surface area contributed by atoms with Crippen LogP contribution < -0.4 is 10.6 Å². The molecule has 0 spiro atoms. The number of hydrogen-bond donors (Lipinski definition) is 2. The van der Waals surface area contributed by atoms with E-state index in [0.29, 0.717) is 23.4 Å². The van der Waals surface area contributed by atoms with Gasteiger partial charge in [0.1, 0.15) is 0 Å². The van der Waals surface area contributed by atoms with E-state index in [1.807, 2.05) is 49.4 Å². The summed E-state index contributed by atoms with van der Waals surface area (Å²) in [6, 6.07) is 19.7. The Morgan fingerprint density at radius 2 is 1.65 bits per heavy atom. The summed E-state index contributed by atoms with van der Waals surface area (Å²) in [5.41, 5.74) is 3.33.